The number of esters is 3. The second-order valence-corrected chi connectivity index (χ2v) is 20.1. The molecule has 4 rings (SSSR count). The Morgan fingerprint density at radius 2 is 1.59 bits per heavy atom. The largest absolute Gasteiger partial charge is 0.505 e. The molecule has 3 heterocycles. The molecule has 8 N–H and O–H groups in total. The van der Waals surface area contributed by atoms with Crippen LogP contribution in [-0.4, -0.2) is 164 Å². The van der Waals surface area contributed by atoms with Crippen LogP contribution in [0.1, 0.15) is 104 Å². The third kappa shape index (κ3) is 15.1. The number of carbonyl (C=O) groups is 3. The van der Waals surface area contributed by atoms with Gasteiger partial charge in [-0.3, -0.25) is 4.79 Å². The molecule has 1 aromatic carbocycles. The molecule has 14 atom stereocenters. The minimum absolute atomic E-state index is 0.0464. The van der Waals surface area contributed by atoms with Gasteiger partial charge in [0.2, 0.25) is 0 Å². The van der Waals surface area contributed by atoms with Gasteiger partial charge in [0.15, 0.2) is 36.3 Å². The van der Waals surface area contributed by atoms with Crippen LogP contribution in [0.3, 0.4) is 0 Å². The molecule has 3 aliphatic heterocycles. The highest BCUT2D eigenvalue weighted by Gasteiger charge is 2.53. The van der Waals surface area contributed by atoms with Gasteiger partial charge in [-0.1, -0.05) is 86.9 Å². The van der Waals surface area contributed by atoms with E-state index in [4.69, 9.17) is 61.1 Å². The Hall–Kier alpha value is -3.93. The molecule has 2 saturated heterocycles. The van der Waals surface area contributed by atoms with Crippen LogP contribution in [0.5, 0.6) is 11.5 Å². The van der Waals surface area contributed by atoms with Crippen molar-refractivity contribution in [2.75, 3.05) is 20.3 Å². The predicted octanol–water partition coefficient (Wildman–Crippen LogP) is 5.21. The number of carbonyl (C=O) groups excluding carboxylic acids is 3. The summed E-state index contributed by atoms with van der Waals surface area (Å²) in [7, 11) is 1.24. The number of hydrogen-bond acceptors (Lipinski definition) is 19. The minimum atomic E-state index is -1.63. The van der Waals surface area contributed by atoms with Crippen LogP contribution in [0.2, 0.25) is 10.0 Å². The number of methoxy groups -OCH3 is 1. The molecule has 0 amide bonds. The quantitative estimate of drug-likeness (QED) is 0.0674. The second-order valence-electron chi connectivity index (χ2n) is 19.4. The second kappa shape index (κ2) is 27.2. The molecular formula is C52H74Cl2O19. The van der Waals surface area contributed by atoms with Gasteiger partial charge in [0.1, 0.15) is 52.8 Å². The average Bonchev–Trinajstić information content (AvgIpc) is 3.34. The number of hydrogen-bond donors (Lipinski definition) is 8. The highest BCUT2D eigenvalue weighted by Crippen LogP contribution is 2.45. The van der Waals surface area contributed by atoms with Gasteiger partial charge in [0, 0.05) is 19.4 Å². The lowest BCUT2D eigenvalue weighted by molar-refractivity contribution is -0.333. The third-order valence-corrected chi connectivity index (χ3v) is 13.8. The molecule has 0 radical (unpaired) electrons. The lowest BCUT2D eigenvalue weighted by atomic mass is 9.88. The summed E-state index contributed by atoms with van der Waals surface area (Å²) in [6.45, 7) is 15.6. The van der Waals surface area contributed by atoms with Gasteiger partial charge in [0.25, 0.3) is 0 Å². The number of phenols is 2. The summed E-state index contributed by atoms with van der Waals surface area (Å²) in [5.41, 5.74) is 0.0523. The van der Waals surface area contributed by atoms with Crippen molar-refractivity contribution >= 4 is 41.1 Å². The first-order chi connectivity index (χ1) is 34.2. The number of aliphatic hydroxyl groups excluding tert-OH is 6. The molecular weight excluding hydrogens is 999 g/mol. The summed E-state index contributed by atoms with van der Waals surface area (Å²) in [4.78, 5) is 40.0. The van der Waals surface area contributed by atoms with Crippen LogP contribution in [-0.2, 0) is 53.9 Å². The van der Waals surface area contributed by atoms with Crippen LogP contribution in [0.15, 0.2) is 58.7 Å². The fourth-order valence-electron chi connectivity index (χ4n) is 8.66. The Morgan fingerprint density at radius 1 is 0.918 bits per heavy atom. The lowest BCUT2D eigenvalue weighted by Gasteiger charge is -2.47. The van der Waals surface area contributed by atoms with Crippen molar-refractivity contribution in [2.24, 2.45) is 11.8 Å². The zero-order chi connectivity index (χ0) is 54.8. The van der Waals surface area contributed by atoms with Crippen molar-refractivity contribution < 1.29 is 93.1 Å². The Balaban J connectivity index is 1.63. The maximum atomic E-state index is 14.0. The number of halogens is 2. The SMILES string of the molecule is CCc1c(Cl)c(O)c(Cl)c(O)c1C(=O)O[C@H]1[C@H](O)[C@H](OC)[C@H](OC/C2=C\C=C\C[C@H](O)/C(C)=C/[C@H](CC)[C@@H](O[C@@H]3OC(C)(C)[C@@H](OC(=O)C(C)C)[C@H](O)[C@@H]3O)/C(C)=C/C(C)=C/C[C@@H]([C@H](O)CO)OC2=O)O[C@@H]1C. The lowest BCUT2D eigenvalue weighted by Crippen LogP contribution is -2.64. The number of aliphatic hydroxyl groups is 6. The van der Waals surface area contributed by atoms with Gasteiger partial charge in [-0.05, 0) is 83.6 Å². The van der Waals surface area contributed by atoms with E-state index in [0.29, 0.717) is 23.1 Å². The van der Waals surface area contributed by atoms with Gasteiger partial charge in [0.05, 0.1) is 48.0 Å². The van der Waals surface area contributed by atoms with Crippen molar-refractivity contribution in [3.8, 4) is 11.5 Å². The van der Waals surface area contributed by atoms with E-state index in [-0.39, 0.29) is 35.4 Å². The van der Waals surface area contributed by atoms with Crippen molar-refractivity contribution in [1.82, 2.24) is 0 Å². The normalized spacial score (nSPS) is 34.5. The summed E-state index contributed by atoms with van der Waals surface area (Å²) < 4.78 is 47.3. The van der Waals surface area contributed by atoms with Crippen molar-refractivity contribution in [3.63, 3.8) is 0 Å². The van der Waals surface area contributed by atoms with E-state index in [2.05, 4.69) is 0 Å². The Bertz CT molecular complexity index is 2240. The minimum Gasteiger partial charge on any atom is -0.505 e. The first kappa shape index (κ1) is 61.6. The van der Waals surface area contributed by atoms with Crippen molar-refractivity contribution in [2.45, 2.75) is 180 Å². The molecule has 0 aliphatic carbocycles. The van der Waals surface area contributed by atoms with Crippen LogP contribution in [0, 0.1) is 11.8 Å². The fourth-order valence-corrected chi connectivity index (χ4v) is 9.22. The molecule has 410 valence electrons. The van der Waals surface area contributed by atoms with E-state index in [9.17, 15) is 55.2 Å². The number of rotatable bonds is 14. The van der Waals surface area contributed by atoms with Gasteiger partial charge in [-0.2, -0.15) is 0 Å². The molecule has 0 unspecified atom stereocenters. The molecule has 2 fully saturated rings. The van der Waals surface area contributed by atoms with E-state index >= 15 is 0 Å². The fraction of sp³-hybridized carbons (Fsp3) is 0.635. The third-order valence-electron chi connectivity index (χ3n) is 13.1. The van der Waals surface area contributed by atoms with Gasteiger partial charge in [-0.25, -0.2) is 9.59 Å². The highest BCUT2D eigenvalue weighted by atomic mass is 35.5. The molecule has 0 spiro atoms. The number of cyclic esters (lactones) is 1. The average molecular weight is 1070 g/mol. The summed E-state index contributed by atoms with van der Waals surface area (Å²) in [6, 6.07) is 0. The van der Waals surface area contributed by atoms with Crippen LogP contribution < -0.4 is 0 Å². The van der Waals surface area contributed by atoms with Gasteiger partial charge >= 0.3 is 17.9 Å². The Morgan fingerprint density at radius 3 is 2.19 bits per heavy atom. The molecule has 0 bridgehead atoms. The number of benzene rings is 1. The zero-order valence-electron chi connectivity index (χ0n) is 43.2. The van der Waals surface area contributed by atoms with Crippen LogP contribution >= 0.6 is 23.2 Å². The molecule has 21 heteroatoms. The molecule has 19 nitrogen and oxygen atoms in total. The number of aromatic hydroxyl groups is 2. The van der Waals surface area contributed by atoms with E-state index < -0.39 is 150 Å². The smallest absolute Gasteiger partial charge is 0.342 e. The molecule has 0 aromatic heterocycles. The maximum absolute atomic E-state index is 14.0. The summed E-state index contributed by atoms with van der Waals surface area (Å²) in [5.74, 6) is -4.98. The monoisotopic (exact) mass is 1070 g/mol. The molecule has 73 heavy (non-hydrogen) atoms. The number of phenolic OH excluding ortho intramolecular Hbond substituents is 2. The van der Waals surface area contributed by atoms with E-state index in [1.807, 2.05) is 13.0 Å². The van der Waals surface area contributed by atoms with Crippen molar-refractivity contribution in [3.05, 3.63) is 79.9 Å². The first-order valence-electron chi connectivity index (χ1n) is 24.3. The van der Waals surface area contributed by atoms with Crippen LogP contribution in [0.25, 0.3) is 0 Å². The van der Waals surface area contributed by atoms with E-state index in [1.165, 1.54) is 26.2 Å². The van der Waals surface area contributed by atoms with Crippen LogP contribution in [0.4, 0.5) is 0 Å². The molecule has 3 aliphatic rings. The van der Waals surface area contributed by atoms with E-state index in [0.717, 1.165) is 0 Å². The Kier molecular flexibility index (Phi) is 23.0. The topological polar surface area (TPSA) is 287 Å². The summed E-state index contributed by atoms with van der Waals surface area (Å²) >= 11 is 12.3. The van der Waals surface area contributed by atoms with Gasteiger partial charge < -0.3 is 78.7 Å². The van der Waals surface area contributed by atoms with E-state index in [1.54, 1.807) is 73.6 Å². The standard InChI is InChI=1S/C52H74Cl2O19/c1-12-29-21-26(6)32(56)17-15-14-16-30(23-67-51-45(66-11)42(62)44(28(8)68-51)70-49(65)35-31(13-2)36(53)39(59)37(54)38(35)58)48(64)69-34(33(57)22-55)19-18-25(5)20-27(7)43(29)71-50-41(61)40(60)46(52(9,10)73-50)72-47(63)24(3)4/h14-16,18,20-21,24,28-29,32-34,40-46,50-51,55-62H,12-13,17,19,22-23H2,1-11H3/b15-14+,25-18+,26-21+,27-20+,30-16+/t28-,29+,32+,33-,34+,40-,41+,42+,43+,44-,45+,46+,50-,51-/m1/s1. The maximum Gasteiger partial charge on any atom is 0.342 e. The highest BCUT2D eigenvalue weighted by molar-refractivity contribution is 6.39. The zero-order valence-corrected chi connectivity index (χ0v) is 44.7. The van der Waals surface area contributed by atoms with Gasteiger partial charge in [-0.15, -0.1) is 0 Å². The predicted molar refractivity (Wildman–Crippen MR) is 267 cm³/mol. The summed E-state index contributed by atoms with van der Waals surface area (Å²) in [5, 5.41) is 86.5. The number of ether oxygens (including phenoxy) is 8. The molecule has 0 saturated carbocycles. The number of allylic oxidation sites excluding steroid dienone is 4. The molecule has 1 aromatic rings. The first-order valence-corrected chi connectivity index (χ1v) is 25.1. The van der Waals surface area contributed by atoms with Crippen molar-refractivity contribution in [1.29, 1.82) is 0 Å². The summed E-state index contributed by atoms with van der Waals surface area (Å²) in [6.07, 6.45) is -6.91. The Labute approximate surface area is 436 Å².